The minimum Gasteiger partial charge on any atom is -0.481 e. The number of ether oxygens (including phenoxy) is 1. The summed E-state index contributed by atoms with van der Waals surface area (Å²) in [4.78, 5) is 10.5. The molecule has 1 unspecified atom stereocenters. The first-order valence-corrected chi connectivity index (χ1v) is 6.04. The smallest absolute Gasteiger partial charge is 0.218 e. The van der Waals surface area contributed by atoms with Crippen LogP contribution < -0.4 is 9.64 Å². The fourth-order valence-corrected chi connectivity index (χ4v) is 2.27. The fourth-order valence-electron chi connectivity index (χ4n) is 2.01. The van der Waals surface area contributed by atoms with Gasteiger partial charge in [0, 0.05) is 25.0 Å². The molecule has 0 N–H and O–H groups in total. The molecule has 0 amide bonds. The van der Waals surface area contributed by atoms with Gasteiger partial charge < -0.3 is 9.64 Å². The Kier molecular flexibility index (Phi) is 3.83. The first-order chi connectivity index (χ1) is 7.83. The Morgan fingerprint density at radius 1 is 1.56 bits per heavy atom. The Bertz CT molecular complexity index is 348. The lowest BCUT2D eigenvalue weighted by molar-refractivity contribution is 0.395. The molecule has 1 fully saturated rings. The fraction of sp³-hybridized carbons (Fsp3) is 0.636. The number of anilines is 1. The van der Waals surface area contributed by atoms with Crippen LogP contribution in [0, 0.1) is 5.92 Å². The van der Waals surface area contributed by atoms with Crippen molar-refractivity contribution >= 4 is 17.4 Å². The van der Waals surface area contributed by atoms with Crippen molar-refractivity contribution < 1.29 is 4.74 Å². The quantitative estimate of drug-likeness (QED) is 0.759. The summed E-state index contributed by atoms with van der Waals surface area (Å²) in [6.45, 7) is 2.01. The molecule has 5 heteroatoms. The van der Waals surface area contributed by atoms with E-state index in [4.69, 9.17) is 16.3 Å². The third-order valence-corrected chi connectivity index (χ3v) is 3.33. The zero-order chi connectivity index (χ0) is 11.4. The van der Waals surface area contributed by atoms with E-state index in [1.165, 1.54) is 12.8 Å². The summed E-state index contributed by atoms with van der Waals surface area (Å²) >= 11 is 5.91. The summed E-state index contributed by atoms with van der Waals surface area (Å²) in [6.07, 6.45) is 3.92. The molecule has 1 atom stereocenters. The van der Waals surface area contributed by atoms with Crippen molar-refractivity contribution in [2.24, 2.45) is 5.92 Å². The first-order valence-electron chi connectivity index (χ1n) is 5.50. The largest absolute Gasteiger partial charge is 0.481 e. The zero-order valence-corrected chi connectivity index (χ0v) is 10.2. The Hall–Kier alpha value is -1.03. The molecular formula is C11H16ClN3O. The average molecular weight is 242 g/mol. The second-order valence-electron chi connectivity index (χ2n) is 4.03. The lowest BCUT2D eigenvalue weighted by atomic mass is 10.0. The summed E-state index contributed by atoms with van der Waals surface area (Å²) in [5.74, 6) is 2.83. The number of methoxy groups -OCH3 is 1. The summed E-state index contributed by atoms with van der Waals surface area (Å²) in [6, 6.07) is 1.87. The van der Waals surface area contributed by atoms with Crippen molar-refractivity contribution in [2.45, 2.75) is 12.8 Å². The van der Waals surface area contributed by atoms with Crippen LogP contribution in [0.4, 0.5) is 5.82 Å². The number of hydrogen-bond acceptors (Lipinski definition) is 4. The Balaban J connectivity index is 2.10. The molecule has 88 valence electrons. The standard InChI is InChI=1S/C11H16ClN3O/c1-16-11-5-10(13-8-14-11)15-4-2-3-9(6-12)7-15/h5,8-9H,2-4,6-7H2,1H3. The average Bonchev–Trinajstić information content (AvgIpc) is 2.39. The number of nitrogens with zero attached hydrogens (tertiary/aromatic N) is 3. The Labute approximate surface area is 101 Å². The molecule has 1 aromatic rings. The number of rotatable bonds is 3. The number of halogens is 1. The van der Waals surface area contributed by atoms with Gasteiger partial charge in [-0.15, -0.1) is 11.6 Å². The van der Waals surface area contributed by atoms with E-state index in [-0.39, 0.29) is 0 Å². The summed E-state index contributed by atoms with van der Waals surface area (Å²) < 4.78 is 5.09. The molecule has 2 rings (SSSR count). The highest BCUT2D eigenvalue weighted by Crippen LogP contribution is 2.23. The van der Waals surface area contributed by atoms with E-state index in [1.807, 2.05) is 6.07 Å². The van der Waals surface area contributed by atoms with Crippen LogP contribution in [0.3, 0.4) is 0 Å². The van der Waals surface area contributed by atoms with E-state index < -0.39 is 0 Å². The molecular weight excluding hydrogens is 226 g/mol. The summed E-state index contributed by atoms with van der Waals surface area (Å²) in [7, 11) is 1.61. The summed E-state index contributed by atoms with van der Waals surface area (Å²) in [5, 5.41) is 0. The maximum atomic E-state index is 5.91. The highest BCUT2D eigenvalue weighted by atomic mass is 35.5. The molecule has 0 aromatic carbocycles. The Morgan fingerprint density at radius 3 is 3.19 bits per heavy atom. The number of aromatic nitrogens is 2. The normalized spacial score (nSPS) is 20.9. The van der Waals surface area contributed by atoms with Gasteiger partial charge in [-0.25, -0.2) is 9.97 Å². The van der Waals surface area contributed by atoms with E-state index >= 15 is 0 Å². The van der Waals surface area contributed by atoms with Gasteiger partial charge >= 0.3 is 0 Å². The van der Waals surface area contributed by atoms with Crippen molar-refractivity contribution in [2.75, 3.05) is 31.0 Å². The maximum Gasteiger partial charge on any atom is 0.218 e. The van der Waals surface area contributed by atoms with Gasteiger partial charge in [0.15, 0.2) is 0 Å². The van der Waals surface area contributed by atoms with Gasteiger partial charge in [0.25, 0.3) is 0 Å². The van der Waals surface area contributed by atoms with E-state index in [0.717, 1.165) is 24.8 Å². The van der Waals surface area contributed by atoms with Gasteiger partial charge in [-0.1, -0.05) is 0 Å². The topological polar surface area (TPSA) is 38.2 Å². The van der Waals surface area contributed by atoms with Gasteiger partial charge in [-0.05, 0) is 18.8 Å². The van der Waals surface area contributed by atoms with Crippen LogP contribution in [0.5, 0.6) is 5.88 Å². The van der Waals surface area contributed by atoms with E-state index in [2.05, 4.69) is 14.9 Å². The van der Waals surface area contributed by atoms with Crippen molar-refractivity contribution in [3.63, 3.8) is 0 Å². The van der Waals surface area contributed by atoms with Gasteiger partial charge in [0.2, 0.25) is 5.88 Å². The molecule has 0 spiro atoms. The van der Waals surface area contributed by atoms with Crippen LogP contribution >= 0.6 is 11.6 Å². The van der Waals surface area contributed by atoms with E-state index in [1.54, 1.807) is 13.4 Å². The molecule has 2 heterocycles. The van der Waals surface area contributed by atoms with Crippen molar-refractivity contribution in [3.05, 3.63) is 12.4 Å². The summed E-state index contributed by atoms with van der Waals surface area (Å²) in [5.41, 5.74) is 0. The third-order valence-electron chi connectivity index (χ3n) is 2.90. The second kappa shape index (κ2) is 5.34. The third kappa shape index (κ3) is 2.55. The molecule has 1 aliphatic heterocycles. The highest BCUT2D eigenvalue weighted by molar-refractivity contribution is 6.18. The minimum absolute atomic E-state index is 0.566. The molecule has 1 saturated heterocycles. The van der Waals surface area contributed by atoms with Crippen LogP contribution in [0.2, 0.25) is 0 Å². The van der Waals surface area contributed by atoms with E-state index in [0.29, 0.717) is 11.8 Å². The number of hydrogen-bond donors (Lipinski definition) is 0. The molecule has 4 nitrogen and oxygen atoms in total. The molecule has 0 aliphatic carbocycles. The van der Waals surface area contributed by atoms with E-state index in [9.17, 15) is 0 Å². The lowest BCUT2D eigenvalue weighted by Crippen LogP contribution is -2.36. The maximum absolute atomic E-state index is 5.91. The molecule has 0 bridgehead atoms. The van der Waals surface area contributed by atoms with Gasteiger partial charge in [0.1, 0.15) is 12.1 Å². The zero-order valence-electron chi connectivity index (χ0n) is 9.40. The minimum atomic E-state index is 0.566. The van der Waals surface area contributed by atoms with Gasteiger partial charge in [-0.3, -0.25) is 0 Å². The highest BCUT2D eigenvalue weighted by Gasteiger charge is 2.20. The predicted octanol–water partition coefficient (Wildman–Crippen LogP) is 1.94. The molecule has 0 radical (unpaired) electrons. The predicted molar refractivity (Wildman–Crippen MR) is 64.2 cm³/mol. The van der Waals surface area contributed by atoms with Crippen LogP contribution in [-0.4, -0.2) is 36.0 Å². The van der Waals surface area contributed by atoms with Crippen molar-refractivity contribution in [3.8, 4) is 5.88 Å². The van der Waals surface area contributed by atoms with Crippen LogP contribution in [-0.2, 0) is 0 Å². The lowest BCUT2D eigenvalue weighted by Gasteiger charge is -2.32. The van der Waals surface area contributed by atoms with Gasteiger partial charge in [0.05, 0.1) is 7.11 Å². The molecule has 1 aliphatic rings. The van der Waals surface area contributed by atoms with Crippen LogP contribution in [0.15, 0.2) is 12.4 Å². The Morgan fingerprint density at radius 2 is 2.44 bits per heavy atom. The van der Waals surface area contributed by atoms with Crippen molar-refractivity contribution in [1.29, 1.82) is 0 Å². The number of alkyl halides is 1. The van der Waals surface area contributed by atoms with Crippen LogP contribution in [0.1, 0.15) is 12.8 Å². The van der Waals surface area contributed by atoms with Gasteiger partial charge in [-0.2, -0.15) is 0 Å². The second-order valence-corrected chi connectivity index (χ2v) is 4.34. The van der Waals surface area contributed by atoms with Crippen molar-refractivity contribution in [1.82, 2.24) is 9.97 Å². The molecule has 0 saturated carbocycles. The molecule has 1 aromatic heterocycles. The molecule has 16 heavy (non-hydrogen) atoms. The monoisotopic (exact) mass is 241 g/mol. The number of piperidine rings is 1. The SMILES string of the molecule is COc1cc(N2CCCC(CCl)C2)ncn1. The first kappa shape index (κ1) is 11.5. The van der Waals surface area contributed by atoms with Crippen LogP contribution in [0.25, 0.3) is 0 Å².